The zero-order valence-electron chi connectivity index (χ0n) is 13.7. The van der Waals surface area contributed by atoms with Gasteiger partial charge in [0, 0.05) is 13.1 Å². The van der Waals surface area contributed by atoms with Crippen molar-refractivity contribution in [1.29, 1.82) is 0 Å². The van der Waals surface area contributed by atoms with E-state index in [0.717, 1.165) is 6.07 Å². The number of rotatable bonds is 6. The first kappa shape index (κ1) is 19.3. The number of hydrogen-bond donors (Lipinski definition) is 4. The number of aliphatic hydroxyl groups excluding tert-OH is 2. The van der Waals surface area contributed by atoms with E-state index in [-0.39, 0.29) is 25.1 Å². The Morgan fingerprint density at radius 2 is 2.04 bits per heavy atom. The number of carbonyl (C=O) groups excluding carboxylic acids is 1. The Kier molecular flexibility index (Phi) is 6.93. The zero-order valence-corrected chi connectivity index (χ0v) is 13.7. The van der Waals surface area contributed by atoms with Crippen molar-refractivity contribution in [2.75, 3.05) is 6.54 Å². The van der Waals surface area contributed by atoms with E-state index < -0.39 is 29.7 Å². The van der Waals surface area contributed by atoms with Gasteiger partial charge < -0.3 is 26.0 Å². The molecule has 6 nitrogen and oxygen atoms in total. The molecule has 0 heterocycles. The fourth-order valence-corrected chi connectivity index (χ4v) is 2.03. The second-order valence-electron chi connectivity index (χ2n) is 6.28. The predicted octanol–water partition coefficient (Wildman–Crippen LogP) is 1.59. The van der Waals surface area contributed by atoms with Gasteiger partial charge in [-0.25, -0.2) is 9.18 Å². The molecule has 1 rings (SSSR count). The second kappa shape index (κ2) is 8.24. The van der Waals surface area contributed by atoms with Crippen molar-refractivity contribution in [2.45, 2.75) is 51.5 Å². The molecule has 0 saturated heterocycles. The van der Waals surface area contributed by atoms with Gasteiger partial charge in [-0.15, -0.1) is 0 Å². The van der Waals surface area contributed by atoms with Gasteiger partial charge in [-0.3, -0.25) is 0 Å². The van der Waals surface area contributed by atoms with Gasteiger partial charge in [0.05, 0.1) is 6.10 Å². The Hall–Kier alpha value is -1.70. The van der Waals surface area contributed by atoms with Crippen molar-refractivity contribution in [2.24, 2.45) is 5.73 Å². The van der Waals surface area contributed by atoms with Gasteiger partial charge in [-0.05, 0) is 50.5 Å². The van der Waals surface area contributed by atoms with Crippen molar-refractivity contribution >= 4 is 6.09 Å². The lowest BCUT2D eigenvalue weighted by molar-refractivity contribution is 0.0117. The van der Waals surface area contributed by atoms with Gasteiger partial charge in [0.25, 0.3) is 0 Å². The van der Waals surface area contributed by atoms with Crippen LogP contribution in [0.15, 0.2) is 18.2 Å². The minimum Gasteiger partial charge on any atom is -0.444 e. The number of carbonyl (C=O) groups is 1. The van der Waals surface area contributed by atoms with Gasteiger partial charge >= 0.3 is 6.09 Å². The van der Waals surface area contributed by atoms with Crippen molar-refractivity contribution < 1.29 is 24.1 Å². The number of hydrogen-bond acceptors (Lipinski definition) is 5. The van der Waals surface area contributed by atoms with E-state index in [2.05, 4.69) is 5.32 Å². The summed E-state index contributed by atoms with van der Waals surface area (Å²) in [4.78, 5) is 11.5. The first-order valence-electron chi connectivity index (χ1n) is 7.45. The van der Waals surface area contributed by atoms with Crippen molar-refractivity contribution in [3.63, 3.8) is 0 Å². The summed E-state index contributed by atoms with van der Waals surface area (Å²) in [6.07, 6.45) is -2.98. The topological polar surface area (TPSA) is 105 Å². The van der Waals surface area contributed by atoms with Crippen LogP contribution in [-0.2, 0) is 11.3 Å². The Morgan fingerprint density at radius 3 is 2.61 bits per heavy atom. The summed E-state index contributed by atoms with van der Waals surface area (Å²) in [5.41, 5.74) is 5.74. The standard InChI is InChI=1S/C16H25FN2O4/c1-16(2,3)23-15(22)19-7-6-13(20)14(21)12-8-11(17)5-4-10(12)9-18/h4-5,8,13-14,20-21H,6-7,9,18H2,1-3H3,(H,19,22). The summed E-state index contributed by atoms with van der Waals surface area (Å²) in [6, 6.07) is 3.87. The molecule has 1 aromatic rings. The SMILES string of the molecule is CC(C)(C)OC(=O)NCCC(O)C(O)c1cc(F)ccc1CN. The van der Waals surface area contributed by atoms with Crippen LogP contribution in [0.5, 0.6) is 0 Å². The van der Waals surface area contributed by atoms with Crippen LogP contribution in [0, 0.1) is 5.82 Å². The van der Waals surface area contributed by atoms with Gasteiger partial charge in [0.2, 0.25) is 0 Å². The van der Waals surface area contributed by atoms with E-state index in [1.807, 2.05) is 0 Å². The highest BCUT2D eigenvalue weighted by Gasteiger charge is 2.22. The number of amides is 1. The average Bonchev–Trinajstić information content (AvgIpc) is 2.44. The molecule has 0 aromatic heterocycles. The fraction of sp³-hybridized carbons (Fsp3) is 0.562. The maximum absolute atomic E-state index is 13.3. The molecule has 1 amide bonds. The zero-order chi connectivity index (χ0) is 17.6. The molecule has 0 aliphatic heterocycles. The molecule has 0 aliphatic rings. The van der Waals surface area contributed by atoms with E-state index in [1.165, 1.54) is 12.1 Å². The van der Waals surface area contributed by atoms with E-state index in [1.54, 1.807) is 20.8 Å². The predicted molar refractivity (Wildman–Crippen MR) is 84.1 cm³/mol. The Morgan fingerprint density at radius 1 is 1.39 bits per heavy atom. The molecule has 130 valence electrons. The highest BCUT2D eigenvalue weighted by Crippen LogP contribution is 2.23. The van der Waals surface area contributed by atoms with E-state index in [9.17, 15) is 19.4 Å². The normalized spacial score (nSPS) is 14.2. The summed E-state index contributed by atoms with van der Waals surface area (Å²) in [6.45, 7) is 5.45. The highest BCUT2D eigenvalue weighted by molar-refractivity contribution is 5.67. The molecule has 23 heavy (non-hydrogen) atoms. The van der Waals surface area contributed by atoms with Crippen LogP contribution in [0.4, 0.5) is 9.18 Å². The van der Waals surface area contributed by atoms with Gasteiger partial charge in [-0.2, -0.15) is 0 Å². The Labute approximate surface area is 135 Å². The van der Waals surface area contributed by atoms with Crippen molar-refractivity contribution in [3.8, 4) is 0 Å². The second-order valence-corrected chi connectivity index (χ2v) is 6.28. The number of nitrogens with two attached hydrogens (primary N) is 1. The summed E-state index contributed by atoms with van der Waals surface area (Å²) in [5.74, 6) is -0.518. The summed E-state index contributed by atoms with van der Waals surface area (Å²) in [7, 11) is 0. The number of ether oxygens (including phenoxy) is 1. The lowest BCUT2D eigenvalue weighted by atomic mass is 9.97. The van der Waals surface area contributed by atoms with E-state index >= 15 is 0 Å². The van der Waals surface area contributed by atoms with Gasteiger partial charge in [0.1, 0.15) is 17.5 Å². The van der Waals surface area contributed by atoms with Gasteiger partial charge in [0.15, 0.2) is 0 Å². The van der Waals surface area contributed by atoms with E-state index in [0.29, 0.717) is 5.56 Å². The fourth-order valence-electron chi connectivity index (χ4n) is 2.03. The smallest absolute Gasteiger partial charge is 0.407 e. The third-order valence-electron chi connectivity index (χ3n) is 3.12. The molecule has 7 heteroatoms. The summed E-state index contributed by atoms with van der Waals surface area (Å²) >= 11 is 0. The average molecular weight is 328 g/mol. The molecule has 1 aromatic carbocycles. The van der Waals surface area contributed by atoms with Crippen LogP contribution in [-0.4, -0.2) is 34.6 Å². The van der Waals surface area contributed by atoms with E-state index in [4.69, 9.17) is 10.5 Å². The Balaban J connectivity index is 2.56. The molecule has 0 bridgehead atoms. The first-order valence-corrected chi connectivity index (χ1v) is 7.45. The maximum Gasteiger partial charge on any atom is 0.407 e. The van der Waals surface area contributed by atoms with Crippen molar-refractivity contribution in [1.82, 2.24) is 5.32 Å². The molecule has 0 spiro atoms. The lowest BCUT2D eigenvalue weighted by Crippen LogP contribution is -2.34. The third kappa shape index (κ3) is 6.52. The number of benzene rings is 1. The molecule has 0 radical (unpaired) electrons. The lowest BCUT2D eigenvalue weighted by Gasteiger charge is -2.22. The Bertz CT molecular complexity index is 531. The monoisotopic (exact) mass is 328 g/mol. The molecule has 2 atom stereocenters. The van der Waals surface area contributed by atoms with Crippen LogP contribution < -0.4 is 11.1 Å². The molecular formula is C16H25FN2O4. The molecule has 2 unspecified atom stereocenters. The number of nitrogens with one attached hydrogen (secondary N) is 1. The van der Waals surface area contributed by atoms with Gasteiger partial charge in [-0.1, -0.05) is 6.07 Å². The molecule has 0 aliphatic carbocycles. The molecular weight excluding hydrogens is 303 g/mol. The van der Waals surface area contributed by atoms with Crippen molar-refractivity contribution in [3.05, 3.63) is 35.1 Å². The molecule has 5 N–H and O–H groups in total. The molecule has 0 fully saturated rings. The number of aliphatic hydroxyl groups is 2. The van der Waals surface area contributed by atoms with Crippen LogP contribution in [0.1, 0.15) is 44.4 Å². The number of alkyl carbamates (subject to hydrolysis) is 1. The minimum absolute atomic E-state index is 0.0843. The number of halogens is 1. The quantitative estimate of drug-likeness (QED) is 0.635. The largest absolute Gasteiger partial charge is 0.444 e. The van der Waals surface area contributed by atoms with Crippen LogP contribution in [0.25, 0.3) is 0 Å². The minimum atomic E-state index is -1.29. The molecule has 0 saturated carbocycles. The highest BCUT2D eigenvalue weighted by atomic mass is 19.1. The summed E-state index contributed by atoms with van der Waals surface area (Å²) < 4.78 is 18.4. The summed E-state index contributed by atoms with van der Waals surface area (Å²) in [5, 5.41) is 22.7. The maximum atomic E-state index is 13.3. The first-order chi connectivity index (χ1) is 10.6. The third-order valence-corrected chi connectivity index (χ3v) is 3.12. The van der Waals surface area contributed by atoms with Crippen LogP contribution in [0.3, 0.4) is 0 Å². The van der Waals surface area contributed by atoms with Crippen LogP contribution in [0.2, 0.25) is 0 Å². The van der Waals surface area contributed by atoms with Crippen LogP contribution >= 0.6 is 0 Å².